The Kier molecular flexibility index (Phi) is 15.4. The fraction of sp³-hybridized carbons (Fsp3) is 0.469. The first-order chi connectivity index (χ1) is 20.4. The summed E-state index contributed by atoms with van der Waals surface area (Å²) in [6.45, 7) is 13.0. The lowest BCUT2D eigenvalue weighted by molar-refractivity contribution is -0.150. The highest BCUT2D eigenvalue weighted by Gasteiger charge is 2.36. The number of nitrogens with one attached hydrogen (secondary N) is 2. The van der Waals surface area contributed by atoms with Crippen molar-refractivity contribution in [2.24, 2.45) is 29.4 Å². The van der Waals surface area contributed by atoms with E-state index in [9.17, 15) is 28.0 Å². The van der Waals surface area contributed by atoms with Crippen LogP contribution in [0.25, 0.3) is 6.08 Å². The zero-order valence-electron chi connectivity index (χ0n) is 26.7. The van der Waals surface area contributed by atoms with Crippen LogP contribution < -0.4 is 16.6 Å². The maximum absolute atomic E-state index is 13.4. The Morgan fingerprint density at radius 1 is 0.932 bits per heavy atom. The lowest BCUT2D eigenvalue weighted by Gasteiger charge is -2.33. The van der Waals surface area contributed by atoms with Crippen molar-refractivity contribution in [3.63, 3.8) is 0 Å². The van der Waals surface area contributed by atoms with E-state index < -0.39 is 45.2 Å². The van der Waals surface area contributed by atoms with Gasteiger partial charge in [-0.15, -0.1) is 0 Å². The molecule has 0 radical (unpaired) electrons. The van der Waals surface area contributed by atoms with Crippen LogP contribution >= 0.6 is 0 Å². The van der Waals surface area contributed by atoms with E-state index in [2.05, 4.69) is 5.43 Å². The Labute approximate surface area is 261 Å². The topological polar surface area (TPSA) is 179 Å². The van der Waals surface area contributed by atoms with Crippen LogP contribution in [0.4, 0.5) is 0 Å². The second kappa shape index (κ2) is 17.6. The van der Waals surface area contributed by atoms with Gasteiger partial charge in [0.05, 0.1) is 22.3 Å². The monoisotopic (exact) mass is 632 g/mol. The number of aryl methyl sites for hydroxylation is 1. The van der Waals surface area contributed by atoms with Crippen LogP contribution in [0.2, 0.25) is 0 Å². The molecule has 44 heavy (non-hydrogen) atoms. The molecule has 0 unspecified atom stereocenters. The molecule has 2 atom stereocenters. The molecule has 0 heterocycles. The molecule has 0 aliphatic carbocycles. The zero-order valence-corrected chi connectivity index (χ0v) is 27.5. The molecule has 0 aromatic heterocycles. The predicted octanol–water partition coefficient (Wildman–Crippen LogP) is 4.37. The van der Waals surface area contributed by atoms with Crippen LogP contribution in [0.1, 0.15) is 65.5 Å². The van der Waals surface area contributed by atoms with Gasteiger partial charge in [0.1, 0.15) is 0 Å². The molecule has 3 amide bonds. The minimum atomic E-state index is -4.02. The molecular formula is C32H48N4O7S. The summed E-state index contributed by atoms with van der Waals surface area (Å²) in [7, 11) is -4.02. The maximum atomic E-state index is 13.4. The van der Waals surface area contributed by atoms with Crippen molar-refractivity contribution >= 4 is 33.9 Å². The first-order valence-corrected chi connectivity index (χ1v) is 15.9. The van der Waals surface area contributed by atoms with Crippen LogP contribution in [-0.4, -0.2) is 53.0 Å². The predicted molar refractivity (Wildman–Crippen MR) is 170 cm³/mol. The smallest absolute Gasteiger partial charge is 0.294 e. The Bertz CT molecular complexity index is 1340. The van der Waals surface area contributed by atoms with Gasteiger partial charge in [0.15, 0.2) is 0 Å². The summed E-state index contributed by atoms with van der Waals surface area (Å²) in [6, 6.07) is 15.6. The summed E-state index contributed by atoms with van der Waals surface area (Å²) in [6.07, 6.45) is 4.33. The lowest BCUT2D eigenvalue weighted by atomic mass is 9.82. The Hall–Kier alpha value is -3.58. The number of rotatable bonds is 12. The fourth-order valence-electron chi connectivity index (χ4n) is 4.23. The van der Waals surface area contributed by atoms with Crippen molar-refractivity contribution in [1.82, 2.24) is 15.9 Å². The number of hydrazine groups is 1. The van der Waals surface area contributed by atoms with Gasteiger partial charge in [-0.3, -0.25) is 34.6 Å². The minimum Gasteiger partial charge on any atom is -0.318 e. The second-order valence-corrected chi connectivity index (χ2v) is 13.6. The molecule has 0 aliphatic heterocycles. The largest absolute Gasteiger partial charge is 0.318 e. The number of carbonyl (C=O) groups excluding carboxylic acids is 3. The van der Waals surface area contributed by atoms with Gasteiger partial charge < -0.3 is 5.73 Å². The van der Waals surface area contributed by atoms with Crippen molar-refractivity contribution in [3.8, 4) is 0 Å². The van der Waals surface area contributed by atoms with Crippen molar-refractivity contribution in [2.45, 2.75) is 71.7 Å². The lowest BCUT2D eigenvalue weighted by Crippen LogP contribution is -2.59. The van der Waals surface area contributed by atoms with Gasteiger partial charge in [-0.25, -0.2) is 5.48 Å². The number of hydrogen-bond donors (Lipinski definition) is 5. The number of carbonyl (C=O) groups is 3. The fourth-order valence-corrected chi connectivity index (χ4v) is 4.71. The van der Waals surface area contributed by atoms with Gasteiger partial charge in [0.2, 0.25) is 11.8 Å². The number of hydroxylamine groups is 1. The summed E-state index contributed by atoms with van der Waals surface area (Å²) in [5, 5.41) is 10.6. The highest BCUT2D eigenvalue weighted by Crippen LogP contribution is 2.26. The molecule has 2 aromatic carbocycles. The molecule has 6 N–H and O–H groups in total. The van der Waals surface area contributed by atoms with E-state index in [0.717, 1.165) is 11.1 Å². The summed E-state index contributed by atoms with van der Waals surface area (Å²) < 4.78 is 29.6. The average molecular weight is 633 g/mol. The number of allylic oxidation sites excluding steroid dienone is 1. The summed E-state index contributed by atoms with van der Waals surface area (Å²) in [5.41, 5.74) is 11.1. The number of amides is 3. The Morgan fingerprint density at radius 3 is 1.95 bits per heavy atom. The van der Waals surface area contributed by atoms with Crippen LogP contribution in [0, 0.1) is 30.6 Å². The van der Waals surface area contributed by atoms with E-state index in [1.807, 2.05) is 77.1 Å². The van der Waals surface area contributed by atoms with Gasteiger partial charge in [0.25, 0.3) is 16.0 Å². The molecule has 0 saturated heterocycles. The van der Waals surface area contributed by atoms with Gasteiger partial charge in [-0.05, 0) is 63.1 Å². The Balaban J connectivity index is 0.000000733. The van der Waals surface area contributed by atoms with Crippen molar-refractivity contribution < 1.29 is 32.6 Å². The summed E-state index contributed by atoms with van der Waals surface area (Å²) >= 11 is 0. The highest BCUT2D eigenvalue weighted by atomic mass is 32.2. The molecule has 0 saturated carbocycles. The molecular weight excluding hydrogens is 584 g/mol. The molecule has 2 aromatic rings. The van der Waals surface area contributed by atoms with Crippen molar-refractivity contribution in [1.29, 1.82) is 0 Å². The minimum absolute atomic E-state index is 0.0666. The van der Waals surface area contributed by atoms with E-state index in [4.69, 9.17) is 10.3 Å². The van der Waals surface area contributed by atoms with E-state index in [1.54, 1.807) is 31.5 Å². The van der Waals surface area contributed by atoms with Gasteiger partial charge in [-0.1, -0.05) is 87.9 Å². The molecule has 0 fully saturated rings. The van der Waals surface area contributed by atoms with Crippen LogP contribution in [0.5, 0.6) is 0 Å². The van der Waals surface area contributed by atoms with Gasteiger partial charge in [0, 0.05) is 6.54 Å². The molecule has 0 spiro atoms. The number of nitrogens with two attached hydrogens (primary N) is 1. The number of hydrogen-bond acceptors (Lipinski definition) is 7. The van der Waals surface area contributed by atoms with E-state index in [1.165, 1.54) is 17.1 Å². The third kappa shape index (κ3) is 13.8. The summed E-state index contributed by atoms with van der Waals surface area (Å²) in [4.78, 5) is 38.7. The standard InChI is InChI=1S/C25H40N4O4.C7H8O3S/c1-17(2)15-21(22(30)27-29(16-18(3)4)24(32)25(5,6)26)20(23(31)28-33)14-10-13-19-11-8-7-9-12-19;1-6-2-4-7(5-3-6)11(8,9)10/h7-13,17-18,20-21,33H,14-16,26H2,1-6H3,(H,27,30)(H,28,31);2-5H,1H3,(H,8,9,10)/t20-,21+;/m0./s1. The maximum Gasteiger partial charge on any atom is 0.294 e. The quantitative estimate of drug-likeness (QED) is 0.130. The van der Waals surface area contributed by atoms with Crippen molar-refractivity contribution in [3.05, 3.63) is 71.8 Å². The normalized spacial score (nSPS) is 13.2. The zero-order chi connectivity index (χ0) is 33.7. The van der Waals surface area contributed by atoms with Crippen molar-refractivity contribution in [2.75, 3.05) is 6.54 Å². The van der Waals surface area contributed by atoms with Crippen LogP contribution in [0.3, 0.4) is 0 Å². The molecule has 0 aliphatic rings. The van der Waals surface area contributed by atoms with Gasteiger partial charge in [-0.2, -0.15) is 8.42 Å². The third-order valence-electron chi connectivity index (χ3n) is 6.40. The number of nitrogens with zero attached hydrogens (tertiary/aromatic N) is 1. The summed E-state index contributed by atoms with van der Waals surface area (Å²) in [5.74, 6) is -2.91. The molecule has 12 heteroatoms. The molecule has 11 nitrogen and oxygen atoms in total. The number of benzene rings is 2. The van der Waals surface area contributed by atoms with E-state index >= 15 is 0 Å². The molecule has 244 valence electrons. The first-order valence-electron chi connectivity index (χ1n) is 14.5. The van der Waals surface area contributed by atoms with Crippen LogP contribution in [0.15, 0.2) is 65.6 Å². The second-order valence-electron chi connectivity index (χ2n) is 12.2. The van der Waals surface area contributed by atoms with Gasteiger partial charge >= 0.3 is 0 Å². The van der Waals surface area contributed by atoms with E-state index in [0.29, 0.717) is 6.42 Å². The molecule has 0 bridgehead atoms. The van der Waals surface area contributed by atoms with Crippen LogP contribution in [-0.2, 0) is 24.5 Å². The Morgan fingerprint density at radius 2 is 1.50 bits per heavy atom. The third-order valence-corrected chi connectivity index (χ3v) is 7.27. The molecule has 2 rings (SSSR count). The van der Waals surface area contributed by atoms with E-state index in [-0.39, 0.29) is 29.7 Å². The average Bonchev–Trinajstić information content (AvgIpc) is 2.93. The highest BCUT2D eigenvalue weighted by molar-refractivity contribution is 7.85. The first kappa shape index (κ1) is 38.4. The SMILES string of the molecule is CC(C)C[C@@H](C(=O)NN(CC(C)C)C(=O)C(C)(C)N)[C@H](CC=Cc1ccccc1)C(=O)NO.Cc1ccc(S(=O)(=O)O)cc1.